The Balaban J connectivity index is 0.00000264. The molecular formula is C17H26ClFN2O2. The van der Waals surface area contributed by atoms with Crippen molar-refractivity contribution in [1.82, 2.24) is 5.32 Å². The molecule has 4 nitrogen and oxygen atoms in total. The third-order valence-corrected chi connectivity index (χ3v) is 4.24. The van der Waals surface area contributed by atoms with Gasteiger partial charge in [-0.2, -0.15) is 0 Å². The highest BCUT2D eigenvalue weighted by Crippen LogP contribution is 2.26. The fourth-order valence-electron chi connectivity index (χ4n) is 3.00. The quantitative estimate of drug-likeness (QED) is 0.799. The molecule has 1 amide bonds. The lowest BCUT2D eigenvalue weighted by Gasteiger charge is -2.30. The monoisotopic (exact) mass is 344 g/mol. The summed E-state index contributed by atoms with van der Waals surface area (Å²) >= 11 is 0. The van der Waals surface area contributed by atoms with Crippen LogP contribution in [-0.4, -0.2) is 25.1 Å². The molecule has 130 valence electrons. The largest absolute Gasteiger partial charge is 0.490 e. The highest BCUT2D eigenvalue weighted by atomic mass is 35.5. The predicted molar refractivity (Wildman–Crippen MR) is 91.3 cm³/mol. The summed E-state index contributed by atoms with van der Waals surface area (Å²) in [6.07, 6.45) is 6.18. The van der Waals surface area contributed by atoms with Gasteiger partial charge in [0.2, 0.25) is 5.91 Å². The molecule has 0 aromatic heterocycles. The van der Waals surface area contributed by atoms with Gasteiger partial charge in [-0.3, -0.25) is 4.79 Å². The van der Waals surface area contributed by atoms with E-state index in [9.17, 15) is 9.18 Å². The van der Waals surface area contributed by atoms with E-state index in [1.807, 2.05) is 0 Å². The summed E-state index contributed by atoms with van der Waals surface area (Å²) in [5, 5.41) is 3.00. The van der Waals surface area contributed by atoms with Crippen molar-refractivity contribution in [1.29, 1.82) is 0 Å². The number of hydrogen-bond donors (Lipinski definition) is 2. The Kier molecular flexibility index (Phi) is 8.95. The van der Waals surface area contributed by atoms with Crippen LogP contribution in [0, 0.1) is 11.7 Å². The number of nitrogens with two attached hydrogens (primary N) is 1. The first kappa shape index (κ1) is 19.7. The molecule has 1 unspecified atom stereocenters. The molecule has 0 radical (unpaired) electrons. The molecule has 1 aliphatic carbocycles. The number of benzene rings is 1. The van der Waals surface area contributed by atoms with Crippen LogP contribution in [0.4, 0.5) is 4.39 Å². The van der Waals surface area contributed by atoms with Crippen molar-refractivity contribution in [2.75, 3.05) is 13.2 Å². The summed E-state index contributed by atoms with van der Waals surface area (Å²) in [6, 6.07) is 6.24. The Labute approximate surface area is 143 Å². The number of ether oxygens (including phenoxy) is 1. The number of hydrogen-bond acceptors (Lipinski definition) is 3. The number of carbonyl (C=O) groups is 1. The van der Waals surface area contributed by atoms with Gasteiger partial charge >= 0.3 is 0 Å². The number of carbonyl (C=O) groups excluding carboxylic acids is 1. The van der Waals surface area contributed by atoms with Crippen LogP contribution in [0.1, 0.15) is 38.5 Å². The molecule has 0 saturated heterocycles. The van der Waals surface area contributed by atoms with E-state index in [-0.39, 0.29) is 43.1 Å². The van der Waals surface area contributed by atoms with Crippen LogP contribution in [0.25, 0.3) is 0 Å². The van der Waals surface area contributed by atoms with Gasteiger partial charge in [-0.15, -0.1) is 12.4 Å². The molecule has 3 N–H and O–H groups in total. The summed E-state index contributed by atoms with van der Waals surface area (Å²) in [4.78, 5) is 12.0. The van der Waals surface area contributed by atoms with E-state index < -0.39 is 5.82 Å². The van der Waals surface area contributed by atoms with E-state index in [2.05, 4.69) is 5.32 Å². The highest BCUT2D eigenvalue weighted by molar-refractivity contribution is 5.85. The second-order valence-electron chi connectivity index (χ2n) is 5.84. The molecule has 0 bridgehead atoms. The molecule has 1 aromatic rings. The smallest absolute Gasteiger partial charge is 0.223 e. The van der Waals surface area contributed by atoms with Crippen molar-refractivity contribution in [3.05, 3.63) is 30.1 Å². The number of rotatable bonds is 7. The third kappa shape index (κ3) is 6.36. The Morgan fingerprint density at radius 3 is 2.65 bits per heavy atom. The SMILES string of the molecule is Cl.NCC(NC(=O)CCOc1ccccc1F)C1CCCCC1. The van der Waals surface area contributed by atoms with Crippen LogP contribution in [-0.2, 0) is 4.79 Å². The van der Waals surface area contributed by atoms with Gasteiger partial charge in [0.1, 0.15) is 0 Å². The average molecular weight is 345 g/mol. The van der Waals surface area contributed by atoms with Crippen molar-refractivity contribution in [2.45, 2.75) is 44.6 Å². The van der Waals surface area contributed by atoms with E-state index in [4.69, 9.17) is 10.5 Å². The number of para-hydroxylation sites is 1. The van der Waals surface area contributed by atoms with Gasteiger partial charge < -0.3 is 15.8 Å². The first-order chi connectivity index (χ1) is 10.7. The molecule has 1 aromatic carbocycles. The molecule has 0 spiro atoms. The van der Waals surface area contributed by atoms with Gasteiger partial charge in [-0.25, -0.2) is 4.39 Å². The maximum absolute atomic E-state index is 13.4. The van der Waals surface area contributed by atoms with Crippen LogP contribution in [0.3, 0.4) is 0 Å². The minimum atomic E-state index is -0.412. The van der Waals surface area contributed by atoms with Gasteiger partial charge in [0.25, 0.3) is 0 Å². The normalized spacial score (nSPS) is 16.3. The van der Waals surface area contributed by atoms with Crippen molar-refractivity contribution >= 4 is 18.3 Å². The lowest BCUT2D eigenvalue weighted by Crippen LogP contribution is -2.46. The van der Waals surface area contributed by atoms with E-state index >= 15 is 0 Å². The third-order valence-electron chi connectivity index (χ3n) is 4.24. The zero-order valence-corrected chi connectivity index (χ0v) is 14.1. The second kappa shape index (κ2) is 10.4. The topological polar surface area (TPSA) is 64.3 Å². The Bertz CT molecular complexity index is 481. The summed E-state index contributed by atoms with van der Waals surface area (Å²) in [5.41, 5.74) is 5.80. The van der Waals surface area contributed by atoms with Gasteiger partial charge in [-0.1, -0.05) is 31.4 Å². The van der Waals surface area contributed by atoms with E-state index in [0.29, 0.717) is 12.5 Å². The van der Waals surface area contributed by atoms with Gasteiger partial charge in [0.05, 0.1) is 13.0 Å². The Morgan fingerprint density at radius 2 is 2.00 bits per heavy atom. The first-order valence-corrected chi connectivity index (χ1v) is 8.07. The molecule has 23 heavy (non-hydrogen) atoms. The summed E-state index contributed by atoms with van der Waals surface area (Å²) in [6.45, 7) is 0.624. The van der Waals surface area contributed by atoms with Gasteiger partial charge in [0.15, 0.2) is 11.6 Å². The molecular weight excluding hydrogens is 319 g/mol. The molecule has 2 rings (SSSR count). The fraction of sp³-hybridized carbons (Fsp3) is 0.588. The van der Waals surface area contributed by atoms with Gasteiger partial charge in [0, 0.05) is 12.6 Å². The molecule has 1 saturated carbocycles. The predicted octanol–water partition coefficient (Wildman–Crippen LogP) is 3.04. The summed E-state index contributed by atoms with van der Waals surface area (Å²) < 4.78 is 18.7. The molecule has 1 aliphatic rings. The Hall–Kier alpha value is -1.33. The molecule has 0 heterocycles. The standard InChI is InChI=1S/C17H25FN2O2.ClH/c18-14-8-4-5-9-16(14)22-11-10-17(21)20-15(12-19)13-6-2-1-3-7-13;/h4-5,8-9,13,15H,1-3,6-7,10-12,19H2,(H,20,21);1H. The average Bonchev–Trinajstić information content (AvgIpc) is 2.55. The Morgan fingerprint density at radius 1 is 1.30 bits per heavy atom. The van der Waals surface area contributed by atoms with Crippen molar-refractivity contribution in [2.24, 2.45) is 11.7 Å². The fourth-order valence-corrected chi connectivity index (χ4v) is 3.00. The summed E-state index contributed by atoms with van der Waals surface area (Å²) in [5.74, 6) is 0.162. The first-order valence-electron chi connectivity index (χ1n) is 8.07. The number of nitrogens with one attached hydrogen (secondary N) is 1. The maximum atomic E-state index is 13.4. The number of amides is 1. The summed E-state index contributed by atoms with van der Waals surface area (Å²) in [7, 11) is 0. The minimum absolute atomic E-state index is 0. The molecule has 6 heteroatoms. The van der Waals surface area contributed by atoms with Crippen molar-refractivity contribution in [3.63, 3.8) is 0 Å². The van der Waals surface area contributed by atoms with Crippen LogP contribution in [0.2, 0.25) is 0 Å². The minimum Gasteiger partial charge on any atom is -0.490 e. The zero-order chi connectivity index (χ0) is 15.8. The molecule has 0 aliphatic heterocycles. The van der Waals surface area contributed by atoms with Crippen LogP contribution >= 0.6 is 12.4 Å². The van der Waals surface area contributed by atoms with Crippen LogP contribution < -0.4 is 15.8 Å². The lowest BCUT2D eigenvalue weighted by atomic mass is 9.84. The maximum Gasteiger partial charge on any atom is 0.223 e. The molecule has 1 fully saturated rings. The van der Waals surface area contributed by atoms with Gasteiger partial charge in [-0.05, 0) is 30.9 Å². The highest BCUT2D eigenvalue weighted by Gasteiger charge is 2.23. The van der Waals surface area contributed by atoms with Crippen LogP contribution in [0.15, 0.2) is 24.3 Å². The molecule has 1 atom stereocenters. The van der Waals surface area contributed by atoms with Crippen molar-refractivity contribution in [3.8, 4) is 5.75 Å². The van der Waals surface area contributed by atoms with Crippen LogP contribution in [0.5, 0.6) is 5.75 Å². The van der Waals surface area contributed by atoms with E-state index in [1.165, 1.54) is 25.3 Å². The van der Waals surface area contributed by atoms with E-state index in [1.54, 1.807) is 18.2 Å². The van der Waals surface area contributed by atoms with Crippen molar-refractivity contribution < 1.29 is 13.9 Å². The zero-order valence-electron chi connectivity index (χ0n) is 13.3. The second-order valence-corrected chi connectivity index (χ2v) is 5.84. The lowest BCUT2D eigenvalue weighted by molar-refractivity contribution is -0.122. The van der Waals surface area contributed by atoms with E-state index in [0.717, 1.165) is 12.8 Å². The number of halogens is 2.